The third-order valence-electron chi connectivity index (χ3n) is 11.9. The molecule has 10 aromatic rings. The summed E-state index contributed by atoms with van der Waals surface area (Å²) in [4.78, 5) is 2.52. The highest BCUT2D eigenvalue weighted by molar-refractivity contribution is 7.25. The molecule has 0 aliphatic heterocycles. The summed E-state index contributed by atoms with van der Waals surface area (Å²) in [5, 5.41) is 7.53. The van der Waals surface area contributed by atoms with Crippen LogP contribution in [-0.2, 0) is 0 Å². The highest BCUT2D eigenvalue weighted by Gasteiger charge is 2.26. The second kappa shape index (κ2) is 13.3. The molecule has 2 aromatic heterocycles. The zero-order valence-corrected chi connectivity index (χ0v) is 31.4. The smallest absolute Gasteiger partial charge is 0.137 e. The molecule has 0 bridgehead atoms. The van der Waals surface area contributed by atoms with Crippen LogP contribution in [0.3, 0.4) is 0 Å². The molecular formula is C52H39NOS. The molecule has 0 saturated heterocycles. The van der Waals surface area contributed by atoms with Gasteiger partial charge in [-0.1, -0.05) is 147 Å². The Balaban J connectivity index is 1.23. The topological polar surface area (TPSA) is 16.4 Å². The summed E-state index contributed by atoms with van der Waals surface area (Å²) in [5.41, 5.74) is 11.6. The lowest BCUT2D eigenvalue weighted by molar-refractivity contribution is 0.445. The molecule has 55 heavy (non-hydrogen) atoms. The molecule has 3 heteroatoms. The van der Waals surface area contributed by atoms with E-state index in [1.807, 2.05) is 11.3 Å². The number of fused-ring (bicyclic) bond motifs is 7. The van der Waals surface area contributed by atoms with E-state index in [0.717, 1.165) is 39.0 Å². The molecule has 0 N–H and O–H groups in total. The number of thiophene rings is 1. The van der Waals surface area contributed by atoms with E-state index in [2.05, 4.69) is 175 Å². The molecule has 0 amide bonds. The van der Waals surface area contributed by atoms with E-state index in [-0.39, 0.29) is 0 Å². The number of hydrogen-bond acceptors (Lipinski definition) is 3. The number of anilines is 3. The molecule has 264 valence electrons. The average Bonchev–Trinajstić information content (AvgIpc) is 3.83. The Labute approximate surface area is 324 Å². The third-order valence-corrected chi connectivity index (χ3v) is 13.0. The van der Waals surface area contributed by atoms with Gasteiger partial charge in [0.1, 0.15) is 11.2 Å². The maximum absolute atomic E-state index is 6.56. The minimum atomic E-state index is 0.578. The zero-order valence-electron chi connectivity index (χ0n) is 30.5. The lowest BCUT2D eigenvalue weighted by atomic mass is 9.80. The fraction of sp³-hybridized carbons (Fsp3) is 0.115. The Kier molecular flexibility index (Phi) is 7.81. The number of benzene rings is 8. The Bertz CT molecular complexity index is 3050. The fourth-order valence-electron chi connectivity index (χ4n) is 9.47. The van der Waals surface area contributed by atoms with Crippen molar-refractivity contribution in [3.05, 3.63) is 175 Å². The van der Waals surface area contributed by atoms with Crippen LogP contribution in [-0.4, -0.2) is 0 Å². The van der Waals surface area contributed by atoms with E-state index in [4.69, 9.17) is 4.42 Å². The quantitative estimate of drug-likeness (QED) is 0.170. The fourth-order valence-corrected chi connectivity index (χ4v) is 10.6. The summed E-state index contributed by atoms with van der Waals surface area (Å²) in [5.74, 6) is 0.578. The molecule has 2 nitrogen and oxygen atoms in total. The van der Waals surface area contributed by atoms with Crippen LogP contribution in [0.5, 0.6) is 0 Å². The van der Waals surface area contributed by atoms with Crippen LogP contribution in [0.4, 0.5) is 17.1 Å². The van der Waals surface area contributed by atoms with E-state index in [1.54, 1.807) is 0 Å². The van der Waals surface area contributed by atoms with E-state index in [0.29, 0.717) is 5.92 Å². The maximum atomic E-state index is 6.56. The molecule has 0 atom stereocenters. The van der Waals surface area contributed by atoms with Crippen molar-refractivity contribution in [1.82, 2.24) is 0 Å². The van der Waals surface area contributed by atoms with Gasteiger partial charge in [-0.05, 0) is 88.7 Å². The number of hydrogen-bond donors (Lipinski definition) is 0. The van der Waals surface area contributed by atoms with Crippen LogP contribution in [0.2, 0.25) is 0 Å². The van der Waals surface area contributed by atoms with Crippen molar-refractivity contribution in [2.24, 2.45) is 0 Å². The van der Waals surface area contributed by atoms with Crippen LogP contribution < -0.4 is 4.90 Å². The van der Waals surface area contributed by atoms with Crippen LogP contribution >= 0.6 is 11.3 Å². The van der Waals surface area contributed by atoms with Crippen LogP contribution in [0.15, 0.2) is 174 Å². The Hall–Kier alpha value is -6.16. The Morgan fingerprint density at radius 3 is 1.78 bits per heavy atom. The van der Waals surface area contributed by atoms with Gasteiger partial charge in [-0.3, -0.25) is 0 Å². The van der Waals surface area contributed by atoms with Crippen molar-refractivity contribution in [3.63, 3.8) is 0 Å². The van der Waals surface area contributed by atoms with Crippen LogP contribution in [0, 0.1) is 0 Å². The molecule has 8 aromatic carbocycles. The standard InChI is InChI=1S/C52H39NOS/c1-2-16-34(17-3-1)36-24-12-18-35-19-13-25-39(50(35)36)37-20-4-8-27-43(37)53(45-29-15-31-47-52(45)41-22-6-10-30-46(41)54-47)44-28-9-5-21-38(44)40-26-14-33-49-51(40)42-23-7-11-32-48(42)55-49/h4-15,18-34H,1-3,16-17H2. The molecule has 1 saturated carbocycles. The van der Waals surface area contributed by atoms with Gasteiger partial charge in [0.15, 0.2) is 0 Å². The maximum Gasteiger partial charge on any atom is 0.137 e. The second-order valence-electron chi connectivity index (χ2n) is 15.0. The number of rotatable bonds is 6. The van der Waals surface area contributed by atoms with Crippen molar-refractivity contribution in [2.75, 3.05) is 4.90 Å². The molecule has 1 fully saturated rings. The van der Waals surface area contributed by atoms with Gasteiger partial charge >= 0.3 is 0 Å². The SMILES string of the molecule is c1ccc(N(c2ccccc2-c2cccc3sc4ccccc4c23)c2cccc3oc4ccccc4c23)c(-c2cccc3cccc(C4CCCCC4)c23)c1. The summed E-state index contributed by atoms with van der Waals surface area (Å²) in [6.07, 6.45) is 6.47. The largest absolute Gasteiger partial charge is 0.456 e. The molecule has 0 radical (unpaired) electrons. The van der Waals surface area contributed by atoms with E-state index in [9.17, 15) is 0 Å². The van der Waals surface area contributed by atoms with Crippen molar-refractivity contribution < 1.29 is 4.42 Å². The number of para-hydroxylation sites is 3. The minimum Gasteiger partial charge on any atom is -0.456 e. The van der Waals surface area contributed by atoms with Crippen molar-refractivity contribution in [1.29, 1.82) is 0 Å². The van der Waals surface area contributed by atoms with Gasteiger partial charge in [-0.25, -0.2) is 0 Å². The second-order valence-corrected chi connectivity index (χ2v) is 16.1. The van der Waals surface area contributed by atoms with Gasteiger partial charge < -0.3 is 9.32 Å². The number of furan rings is 1. The first kappa shape index (κ1) is 32.3. The van der Waals surface area contributed by atoms with Crippen molar-refractivity contribution >= 4 is 81.3 Å². The van der Waals surface area contributed by atoms with Crippen molar-refractivity contribution in [2.45, 2.75) is 38.0 Å². The van der Waals surface area contributed by atoms with E-state index in [1.165, 1.54) is 90.9 Å². The van der Waals surface area contributed by atoms with Crippen LogP contribution in [0.1, 0.15) is 43.6 Å². The molecule has 1 aliphatic carbocycles. The molecular weight excluding hydrogens is 687 g/mol. The highest BCUT2D eigenvalue weighted by atomic mass is 32.1. The average molecular weight is 726 g/mol. The molecule has 0 spiro atoms. The zero-order chi connectivity index (χ0) is 36.3. The predicted octanol–water partition coefficient (Wildman–Crippen LogP) is 16.0. The summed E-state index contributed by atoms with van der Waals surface area (Å²) in [7, 11) is 0. The molecule has 0 unspecified atom stereocenters. The first-order valence-corrected chi connectivity index (χ1v) is 20.4. The van der Waals surface area contributed by atoms with E-state index < -0.39 is 0 Å². The molecule has 1 aliphatic rings. The van der Waals surface area contributed by atoms with Gasteiger partial charge in [0.25, 0.3) is 0 Å². The van der Waals surface area contributed by atoms with Crippen LogP contribution in [0.25, 0.3) is 75.1 Å². The highest BCUT2D eigenvalue weighted by Crippen LogP contribution is 2.51. The predicted molar refractivity (Wildman–Crippen MR) is 235 cm³/mol. The van der Waals surface area contributed by atoms with Crippen molar-refractivity contribution in [3.8, 4) is 22.3 Å². The lowest BCUT2D eigenvalue weighted by Crippen LogP contribution is -2.13. The monoisotopic (exact) mass is 725 g/mol. The first-order valence-electron chi connectivity index (χ1n) is 19.6. The normalized spacial score (nSPS) is 13.7. The number of nitrogens with zero attached hydrogens (tertiary/aromatic N) is 1. The molecule has 11 rings (SSSR count). The summed E-state index contributed by atoms with van der Waals surface area (Å²) >= 11 is 1.87. The van der Waals surface area contributed by atoms with Gasteiger partial charge in [0.05, 0.1) is 22.4 Å². The summed E-state index contributed by atoms with van der Waals surface area (Å²) in [6.45, 7) is 0. The first-order chi connectivity index (χ1) is 27.3. The molecule has 2 heterocycles. The summed E-state index contributed by atoms with van der Waals surface area (Å²) < 4.78 is 9.17. The minimum absolute atomic E-state index is 0.578. The van der Waals surface area contributed by atoms with E-state index >= 15 is 0 Å². The Morgan fingerprint density at radius 1 is 0.418 bits per heavy atom. The third kappa shape index (κ3) is 5.29. The van der Waals surface area contributed by atoms with Gasteiger partial charge in [-0.2, -0.15) is 0 Å². The lowest BCUT2D eigenvalue weighted by Gasteiger charge is -2.31. The summed E-state index contributed by atoms with van der Waals surface area (Å²) in [6, 6.07) is 62.5. The van der Waals surface area contributed by atoms with Gasteiger partial charge in [0.2, 0.25) is 0 Å². The van der Waals surface area contributed by atoms with Gasteiger partial charge in [-0.15, -0.1) is 11.3 Å². The van der Waals surface area contributed by atoms with Gasteiger partial charge in [0, 0.05) is 36.7 Å². The Morgan fingerprint density at radius 2 is 0.982 bits per heavy atom.